The summed E-state index contributed by atoms with van der Waals surface area (Å²) in [5.41, 5.74) is 0.233. The van der Waals surface area contributed by atoms with Gasteiger partial charge in [-0.25, -0.2) is 4.79 Å². The summed E-state index contributed by atoms with van der Waals surface area (Å²) >= 11 is 13.2. The second kappa shape index (κ2) is 10.6. The molecule has 0 aliphatic carbocycles. The van der Waals surface area contributed by atoms with Crippen LogP contribution in [0.15, 0.2) is 23.0 Å². The number of halogens is 2. The van der Waals surface area contributed by atoms with Gasteiger partial charge in [0.25, 0.3) is 5.56 Å². The fraction of sp³-hybridized carbons (Fsp3) is 0.350. The molecule has 0 fully saturated rings. The van der Waals surface area contributed by atoms with E-state index in [-0.39, 0.29) is 24.6 Å². The van der Waals surface area contributed by atoms with E-state index in [9.17, 15) is 14.4 Å². The van der Waals surface area contributed by atoms with E-state index < -0.39 is 5.97 Å². The Morgan fingerprint density at radius 3 is 2.48 bits per heavy atom. The molecule has 9 heteroatoms. The maximum atomic E-state index is 13.0. The largest absolute Gasteiger partial charge is 0.463 e. The highest BCUT2D eigenvalue weighted by atomic mass is 35.5. The van der Waals surface area contributed by atoms with Crippen LogP contribution < -0.4 is 14.8 Å². The first-order valence-corrected chi connectivity index (χ1v) is 10.7. The minimum absolute atomic E-state index is 0.162. The number of rotatable bonds is 7. The lowest BCUT2D eigenvalue weighted by molar-refractivity contribution is -0.135. The Labute approximate surface area is 182 Å². The number of carbonyl (C=O) groups is 2. The number of likely N-dealkylation sites (N-methyl/N-ethyl adjacent to an activating group) is 1. The number of esters is 1. The SMILES string of the molecule is CCOC(=O)/C=c1\s/c(=C\c2ccc(Cl)cc2Cl)c(=O)n1CC(=O)N(CC)CC. The topological polar surface area (TPSA) is 68.6 Å². The van der Waals surface area contributed by atoms with E-state index in [4.69, 9.17) is 27.9 Å². The van der Waals surface area contributed by atoms with Crippen molar-refractivity contribution in [3.63, 3.8) is 0 Å². The van der Waals surface area contributed by atoms with Gasteiger partial charge in [0, 0.05) is 23.1 Å². The van der Waals surface area contributed by atoms with Gasteiger partial charge in [0.2, 0.25) is 5.91 Å². The second-order valence-electron chi connectivity index (χ2n) is 5.97. The molecule has 0 bridgehead atoms. The summed E-state index contributed by atoms with van der Waals surface area (Å²) in [6, 6.07) is 4.95. The smallest absolute Gasteiger partial charge is 0.333 e. The van der Waals surface area contributed by atoms with Gasteiger partial charge in [-0.1, -0.05) is 29.3 Å². The van der Waals surface area contributed by atoms with E-state index in [1.54, 1.807) is 36.1 Å². The monoisotopic (exact) mass is 456 g/mol. The standard InChI is InChI=1S/C20H22Cl2N2O4S/c1-4-23(5-2)17(25)12-24-18(11-19(26)28-6-3)29-16(20(24)27)9-13-7-8-14(21)10-15(13)22/h7-11H,4-6,12H2,1-3H3/b16-9-,18-11-. The summed E-state index contributed by atoms with van der Waals surface area (Å²) in [5, 5.41) is 0.879. The van der Waals surface area contributed by atoms with Crippen molar-refractivity contribution in [2.75, 3.05) is 19.7 Å². The maximum absolute atomic E-state index is 13.0. The van der Waals surface area contributed by atoms with Crippen LogP contribution in [-0.2, 0) is 20.9 Å². The molecule has 0 atom stereocenters. The van der Waals surface area contributed by atoms with Gasteiger partial charge in [0.05, 0.1) is 17.2 Å². The predicted molar refractivity (Wildman–Crippen MR) is 117 cm³/mol. The Bertz CT molecular complexity index is 1070. The summed E-state index contributed by atoms with van der Waals surface area (Å²) in [5.74, 6) is -0.779. The molecule has 0 spiro atoms. The molecule has 0 aliphatic heterocycles. The molecule has 2 rings (SSSR count). The lowest BCUT2D eigenvalue weighted by Crippen LogP contribution is -2.40. The Morgan fingerprint density at radius 2 is 1.90 bits per heavy atom. The summed E-state index contributed by atoms with van der Waals surface area (Å²) in [4.78, 5) is 39.1. The zero-order valence-corrected chi connectivity index (χ0v) is 18.7. The van der Waals surface area contributed by atoms with Gasteiger partial charge >= 0.3 is 5.97 Å². The van der Waals surface area contributed by atoms with Crippen molar-refractivity contribution >= 4 is 58.6 Å². The minimum atomic E-state index is -0.575. The zero-order valence-electron chi connectivity index (χ0n) is 16.4. The number of thiazole rings is 1. The number of amides is 1. The van der Waals surface area contributed by atoms with E-state index in [1.807, 2.05) is 13.8 Å². The summed E-state index contributed by atoms with van der Waals surface area (Å²) in [7, 11) is 0. The van der Waals surface area contributed by atoms with E-state index in [1.165, 1.54) is 10.6 Å². The lowest BCUT2D eigenvalue weighted by Gasteiger charge is -2.18. The van der Waals surface area contributed by atoms with Crippen LogP contribution >= 0.6 is 34.5 Å². The molecular weight excluding hydrogens is 435 g/mol. The Kier molecular flexibility index (Phi) is 8.49. The predicted octanol–water partition coefficient (Wildman–Crippen LogP) is 2.26. The number of nitrogens with zero attached hydrogens (tertiary/aromatic N) is 2. The van der Waals surface area contributed by atoms with Crippen molar-refractivity contribution in [1.82, 2.24) is 9.47 Å². The Morgan fingerprint density at radius 1 is 1.21 bits per heavy atom. The molecule has 0 N–H and O–H groups in total. The van der Waals surface area contributed by atoms with Gasteiger partial charge in [-0.2, -0.15) is 0 Å². The quantitative estimate of drug-likeness (QED) is 0.599. The molecule has 0 saturated carbocycles. The van der Waals surface area contributed by atoms with E-state index in [2.05, 4.69) is 0 Å². The molecule has 1 aromatic carbocycles. The average molecular weight is 457 g/mol. The van der Waals surface area contributed by atoms with Crippen LogP contribution in [0, 0.1) is 0 Å². The molecule has 1 heterocycles. The third-order valence-electron chi connectivity index (χ3n) is 4.12. The molecule has 0 saturated heterocycles. The number of carbonyl (C=O) groups excluding carboxylic acids is 2. The second-order valence-corrected chi connectivity index (χ2v) is 7.87. The van der Waals surface area contributed by atoms with Gasteiger partial charge in [0.1, 0.15) is 11.2 Å². The fourth-order valence-electron chi connectivity index (χ4n) is 2.65. The van der Waals surface area contributed by atoms with Crippen LogP contribution in [0.5, 0.6) is 0 Å². The lowest BCUT2D eigenvalue weighted by atomic mass is 10.2. The van der Waals surface area contributed by atoms with Gasteiger partial charge in [-0.3, -0.25) is 14.2 Å². The zero-order chi connectivity index (χ0) is 21.6. The average Bonchev–Trinajstić information content (AvgIpc) is 2.94. The third-order valence-corrected chi connectivity index (χ3v) is 5.75. The van der Waals surface area contributed by atoms with Crippen molar-refractivity contribution in [1.29, 1.82) is 0 Å². The first kappa shape index (κ1) is 23.2. The molecule has 1 amide bonds. The number of aromatic nitrogens is 1. The van der Waals surface area contributed by atoms with Crippen molar-refractivity contribution in [3.8, 4) is 0 Å². The molecule has 0 radical (unpaired) electrons. The number of hydrogen-bond acceptors (Lipinski definition) is 5. The third kappa shape index (κ3) is 5.95. The molecule has 2 aromatic rings. The first-order chi connectivity index (χ1) is 13.8. The number of ether oxygens (including phenoxy) is 1. The van der Waals surface area contributed by atoms with Crippen LogP contribution in [0.2, 0.25) is 10.0 Å². The van der Waals surface area contributed by atoms with Crippen LogP contribution in [-0.4, -0.2) is 41.0 Å². The summed E-state index contributed by atoms with van der Waals surface area (Å²) < 4.78 is 6.92. The highest BCUT2D eigenvalue weighted by molar-refractivity contribution is 7.07. The molecule has 1 aromatic heterocycles. The molecular formula is C20H22Cl2N2O4S. The van der Waals surface area contributed by atoms with Gasteiger partial charge in [0.15, 0.2) is 0 Å². The van der Waals surface area contributed by atoms with E-state index in [0.717, 1.165) is 11.3 Å². The highest BCUT2D eigenvalue weighted by Gasteiger charge is 2.15. The first-order valence-electron chi connectivity index (χ1n) is 9.13. The normalized spacial score (nSPS) is 12.3. The Balaban J connectivity index is 2.62. The van der Waals surface area contributed by atoms with Crippen LogP contribution in [0.3, 0.4) is 0 Å². The van der Waals surface area contributed by atoms with Crippen LogP contribution in [0.25, 0.3) is 12.2 Å². The number of hydrogen-bond donors (Lipinski definition) is 0. The minimum Gasteiger partial charge on any atom is -0.463 e. The van der Waals surface area contributed by atoms with Crippen molar-refractivity contribution in [3.05, 3.63) is 53.4 Å². The van der Waals surface area contributed by atoms with E-state index >= 15 is 0 Å². The van der Waals surface area contributed by atoms with Crippen molar-refractivity contribution in [2.45, 2.75) is 27.3 Å². The van der Waals surface area contributed by atoms with Gasteiger partial charge in [-0.05, 0) is 44.5 Å². The number of benzene rings is 1. The molecule has 0 aliphatic rings. The van der Waals surface area contributed by atoms with Crippen LogP contribution in [0.4, 0.5) is 0 Å². The van der Waals surface area contributed by atoms with Gasteiger partial charge < -0.3 is 9.64 Å². The van der Waals surface area contributed by atoms with Gasteiger partial charge in [-0.15, -0.1) is 11.3 Å². The van der Waals surface area contributed by atoms with Crippen molar-refractivity contribution in [2.24, 2.45) is 0 Å². The van der Waals surface area contributed by atoms with E-state index in [0.29, 0.717) is 37.9 Å². The summed E-state index contributed by atoms with van der Waals surface area (Å²) in [6.45, 7) is 6.54. The molecule has 156 valence electrons. The highest BCUT2D eigenvalue weighted by Crippen LogP contribution is 2.21. The van der Waals surface area contributed by atoms with Crippen LogP contribution in [0.1, 0.15) is 26.3 Å². The maximum Gasteiger partial charge on any atom is 0.333 e. The Hall–Kier alpha value is -2.09. The summed E-state index contributed by atoms with van der Waals surface area (Å²) in [6.07, 6.45) is 2.85. The molecule has 6 nitrogen and oxygen atoms in total. The fourth-order valence-corrected chi connectivity index (χ4v) is 4.13. The van der Waals surface area contributed by atoms with Crippen molar-refractivity contribution < 1.29 is 14.3 Å². The molecule has 0 unspecified atom stereocenters. The molecule has 29 heavy (non-hydrogen) atoms.